The maximum atomic E-state index is 4.04. The van der Waals surface area contributed by atoms with Gasteiger partial charge in [-0.05, 0) is 31.0 Å². The number of tetrazole rings is 1. The first-order valence-electron chi connectivity index (χ1n) is 6.62. The van der Waals surface area contributed by atoms with Crippen LogP contribution < -0.4 is 10.6 Å². The van der Waals surface area contributed by atoms with Gasteiger partial charge in [-0.25, -0.2) is 0 Å². The number of hydrogen-bond donors (Lipinski definition) is 3. The van der Waals surface area contributed by atoms with E-state index in [1.807, 2.05) is 0 Å². The van der Waals surface area contributed by atoms with E-state index < -0.39 is 0 Å². The van der Waals surface area contributed by atoms with E-state index in [1.54, 1.807) is 0 Å². The minimum atomic E-state index is 0.0786. The molecule has 0 bridgehead atoms. The Morgan fingerprint density at radius 1 is 1.37 bits per heavy atom. The molecule has 100 valence electrons. The van der Waals surface area contributed by atoms with Crippen molar-refractivity contribution in [3.05, 3.63) is 41.2 Å². The van der Waals surface area contributed by atoms with Crippen LogP contribution in [0.5, 0.6) is 0 Å². The van der Waals surface area contributed by atoms with Gasteiger partial charge >= 0.3 is 0 Å². The van der Waals surface area contributed by atoms with Crippen molar-refractivity contribution in [1.29, 1.82) is 0 Å². The summed E-state index contributed by atoms with van der Waals surface area (Å²) in [5, 5.41) is 21.2. The maximum absolute atomic E-state index is 4.04. The minimum absolute atomic E-state index is 0.0786. The Kier molecular flexibility index (Phi) is 3.52. The molecule has 0 aliphatic carbocycles. The van der Waals surface area contributed by atoms with Crippen LogP contribution in [0.15, 0.2) is 24.3 Å². The number of aromatic nitrogens is 4. The molecule has 0 radical (unpaired) electrons. The fourth-order valence-electron chi connectivity index (χ4n) is 2.56. The molecule has 2 aromatic rings. The Hall–Kier alpha value is -1.79. The van der Waals surface area contributed by atoms with E-state index in [0.29, 0.717) is 11.9 Å². The molecule has 6 heteroatoms. The van der Waals surface area contributed by atoms with Crippen LogP contribution in [0.25, 0.3) is 0 Å². The molecule has 2 heterocycles. The fraction of sp³-hybridized carbons (Fsp3) is 0.462. The summed E-state index contributed by atoms with van der Waals surface area (Å²) in [6.07, 6.45) is 1.05. The number of hydrogen-bond acceptors (Lipinski definition) is 5. The van der Waals surface area contributed by atoms with E-state index in [2.05, 4.69) is 62.4 Å². The highest BCUT2D eigenvalue weighted by molar-refractivity contribution is 5.31. The minimum Gasteiger partial charge on any atom is -0.313 e. The number of aromatic amines is 1. The molecule has 6 nitrogen and oxygen atoms in total. The number of fused-ring (bicyclic) bond motifs is 1. The Bertz CT molecular complexity index is 524. The number of H-pyrrole nitrogens is 1. The second-order valence-corrected chi connectivity index (χ2v) is 4.88. The monoisotopic (exact) mass is 258 g/mol. The second kappa shape index (κ2) is 5.46. The number of rotatable bonds is 3. The van der Waals surface area contributed by atoms with Crippen LogP contribution in [-0.4, -0.2) is 27.2 Å². The van der Waals surface area contributed by atoms with E-state index in [1.165, 1.54) is 11.1 Å². The van der Waals surface area contributed by atoms with E-state index >= 15 is 0 Å². The largest absolute Gasteiger partial charge is 0.313 e. The Morgan fingerprint density at radius 2 is 2.26 bits per heavy atom. The molecule has 0 fully saturated rings. The van der Waals surface area contributed by atoms with Crippen LogP contribution in [0.3, 0.4) is 0 Å². The third kappa shape index (κ3) is 2.64. The zero-order valence-corrected chi connectivity index (χ0v) is 10.9. The van der Waals surface area contributed by atoms with Crippen LogP contribution >= 0.6 is 0 Å². The summed E-state index contributed by atoms with van der Waals surface area (Å²) in [4.78, 5) is 0. The summed E-state index contributed by atoms with van der Waals surface area (Å²) in [5.74, 6) is 0.703. The first-order valence-corrected chi connectivity index (χ1v) is 6.62. The summed E-state index contributed by atoms with van der Waals surface area (Å²) >= 11 is 0. The van der Waals surface area contributed by atoms with E-state index in [-0.39, 0.29) is 6.04 Å². The van der Waals surface area contributed by atoms with Crippen molar-refractivity contribution in [3.63, 3.8) is 0 Å². The van der Waals surface area contributed by atoms with Gasteiger partial charge in [0.05, 0.1) is 6.04 Å². The highest BCUT2D eigenvalue weighted by atomic mass is 15.5. The van der Waals surface area contributed by atoms with Crippen molar-refractivity contribution in [2.24, 2.45) is 0 Å². The zero-order valence-electron chi connectivity index (χ0n) is 10.9. The highest BCUT2D eigenvalue weighted by Gasteiger charge is 2.21. The molecule has 1 aliphatic rings. The molecule has 3 N–H and O–H groups in total. The maximum Gasteiger partial charge on any atom is 0.191 e. The van der Waals surface area contributed by atoms with E-state index in [4.69, 9.17) is 0 Å². The molecule has 1 aromatic carbocycles. The van der Waals surface area contributed by atoms with Crippen LogP contribution in [0.2, 0.25) is 0 Å². The number of nitrogens with one attached hydrogen (secondary N) is 3. The predicted octanol–water partition coefficient (Wildman–Crippen LogP) is 1.08. The summed E-state index contributed by atoms with van der Waals surface area (Å²) in [5.41, 5.74) is 2.72. The van der Waals surface area contributed by atoms with Crippen LogP contribution in [-0.2, 0) is 6.54 Å². The lowest BCUT2D eigenvalue weighted by molar-refractivity contribution is 0.431. The molecule has 19 heavy (non-hydrogen) atoms. The molecule has 2 unspecified atom stereocenters. The predicted molar refractivity (Wildman–Crippen MR) is 71.2 cm³/mol. The number of nitrogens with zero attached hydrogens (tertiary/aromatic N) is 3. The zero-order chi connectivity index (χ0) is 13.1. The van der Waals surface area contributed by atoms with Gasteiger partial charge < -0.3 is 10.6 Å². The van der Waals surface area contributed by atoms with Crippen molar-refractivity contribution >= 4 is 0 Å². The van der Waals surface area contributed by atoms with Gasteiger partial charge in [0.25, 0.3) is 0 Å². The molecule has 0 amide bonds. The third-order valence-electron chi connectivity index (χ3n) is 3.56. The lowest BCUT2D eigenvalue weighted by atomic mass is 9.98. The van der Waals surface area contributed by atoms with Crippen LogP contribution in [0.4, 0.5) is 0 Å². The van der Waals surface area contributed by atoms with Crippen molar-refractivity contribution < 1.29 is 0 Å². The average Bonchev–Trinajstić information content (AvgIpc) is 2.90. The van der Waals surface area contributed by atoms with E-state index in [0.717, 1.165) is 19.5 Å². The SMILES string of the molecule is CC(NC1CCNCc2ccccc21)c1nn[nH]n1. The van der Waals surface area contributed by atoms with Gasteiger partial charge in [0.2, 0.25) is 0 Å². The van der Waals surface area contributed by atoms with Crippen LogP contribution in [0, 0.1) is 0 Å². The molecule has 1 aliphatic heterocycles. The third-order valence-corrected chi connectivity index (χ3v) is 3.56. The van der Waals surface area contributed by atoms with Gasteiger partial charge in [0.1, 0.15) is 0 Å². The quantitative estimate of drug-likeness (QED) is 0.768. The molecule has 2 atom stereocenters. The molecular weight excluding hydrogens is 240 g/mol. The summed E-state index contributed by atoms with van der Waals surface area (Å²) < 4.78 is 0. The summed E-state index contributed by atoms with van der Waals surface area (Å²) in [6.45, 7) is 4.00. The Morgan fingerprint density at radius 3 is 3.11 bits per heavy atom. The van der Waals surface area contributed by atoms with Gasteiger partial charge in [-0.3, -0.25) is 0 Å². The molecule has 0 saturated heterocycles. The van der Waals surface area contributed by atoms with Gasteiger partial charge in [0, 0.05) is 12.6 Å². The molecular formula is C13H18N6. The Labute approximate surface area is 112 Å². The molecule has 3 rings (SSSR count). The average molecular weight is 258 g/mol. The normalized spacial score (nSPS) is 20.6. The van der Waals surface area contributed by atoms with Crippen LogP contribution in [0.1, 0.15) is 42.4 Å². The highest BCUT2D eigenvalue weighted by Crippen LogP contribution is 2.25. The van der Waals surface area contributed by atoms with Crippen molar-refractivity contribution in [2.75, 3.05) is 6.54 Å². The lowest BCUT2D eigenvalue weighted by Crippen LogP contribution is -2.26. The van der Waals surface area contributed by atoms with Gasteiger partial charge in [0.15, 0.2) is 5.82 Å². The van der Waals surface area contributed by atoms with Crippen molar-refractivity contribution in [3.8, 4) is 0 Å². The van der Waals surface area contributed by atoms with Gasteiger partial charge in [-0.15, -0.1) is 10.2 Å². The van der Waals surface area contributed by atoms with Crippen molar-refractivity contribution in [2.45, 2.75) is 32.0 Å². The van der Waals surface area contributed by atoms with Gasteiger partial charge in [-0.1, -0.05) is 29.5 Å². The van der Waals surface area contributed by atoms with E-state index in [9.17, 15) is 0 Å². The molecule has 0 saturated carbocycles. The first kappa shape index (κ1) is 12.3. The second-order valence-electron chi connectivity index (χ2n) is 4.88. The Balaban J connectivity index is 1.80. The smallest absolute Gasteiger partial charge is 0.191 e. The fourth-order valence-corrected chi connectivity index (χ4v) is 2.56. The summed E-state index contributed by atoms with van der Waals surface area (Å²) in [7, 11) is 0. The molecule has 1 aromatic heterocycles. The van der Waals surface area contributed by atoms with Crippen molar-refractivity contribution in [1.82, 2.24) is 31.3 Å². The first-order chi connectivity index (χ1) is 9.34. The summed E-state index contributed by atoms with van der Waals surface area (Å²) in [6, 6.07) is 8.96. The van der Waals surface area contributed by atoms with Gasteiger partial charge in [-0.2, -0.15) is 5.21 Å². The number of benzene rings is 1. The standard InChI is InChI=1S/C13H18N6/c1-9(13-16-18-19-17-13)15-12-6-7-14-8-10-4-2-3-5-11(10)12/h2-5,9,12,14-15H,6-8H2,1H3,(H,16,17,18,19). The topological polar surface area (TPSA) is 78.5 Å². The molecule has 0 spiro atoms. The lowest BCUT2D eigenvalue weighted by Gasteiger charge is -2.22.